The van der Waals surface area contributed by atoms with Gasteiger partial charge in [-0.05, 0) is 80.6 Å². The molecular weight excluding hydrogens is 400 g/mol. The van der Waals surface area contributed by atoms with Crippen molar-refractivity contribution in [1.82, 2.24) is 29.9 Å². The van der Waals surface area contributed by atoms with Gasteiger partial charge >= 0.3 is 0 Å². The van der Waals surface area contributed by atoms with Crippen molar-refractivity contribution < 1.29 is 4.79 Å². The summed E-state index contributed by atoms with van der Waals surface area (Å²) in [6.45, 7) is 12.9. The lowest BCUT2D eigenvalue weighted by Crippen LogP contribution is -2.32. The molecule has 32 heavy (non-hydrogen) atoms. The van der Waals surface area contributed by atoms with E-state index >= 15 is 0 Å². The van der Waals surface area contributed by atoms with Gasteiger partial charge in [0, 0.05) is 6.54 Å². The maximum absolute atomic E-state index is 13.9. The van der Waals surface area contributed by atoms with Gasteiger partial charge in [0.15, 0.2) is 0 Å². The zero-order chi connectivity index (χ0) is 22.6. The summed E-state index contributed by atoms with van der Waals surface area (Å²) in [5.74, 6) is 0.719. The van der Waals surface area contributed by atoms with Gasteiger partial charge in [0.25, 0.3) is 5.91 Å². The number of carbonyl (C=O) groups excluding carboxylic acids is 1. The smallest absolute Gasteiger partial charge is 0.257 e. The molecule has 2 aromatic heterocycles. The fourth-order valence-corrected chi connectivity index (χ4v) is 4.34. The molecule has 1 aliphatic heterocycles. The molecule has 1 amide bonds. The Morgan fingerprint density at radius 1 is 1.00 bits per heavy atom. The van der Waals surface area contributed by atoms with E-state index in [0.717, 1.165) is 33.6 Å². The van der Waals surface area contributed by atoms with Crippen molar-refractivity contribution in [2.24, 2.45) is 0 Å². The molecule has 1 aliphatic rings. The fraction of sp³-hybridized carbons (Fsp3) is 0.280. The Labute approximate surface area is 186 Å². The highest BCUT2D eigenvalue weighted by molar-refractivity contribution is 5.98. The summed E-state index contributed by atoms with van der Waals surface area (Å²) in [7, 11) is 0. The van der Waals surface area contributed by atoms with Gasteiger partial charge < -0.3 is 9.88 Å². The molecule has 1 fully saturated rings. The highest BCUT2D eigenvalue weighted by Crippen LogP contribution is 2.36. The molecule has 7 nitrogen and oxygen atoms in total. The molecule has 1 unspecified atom stereocenters. The summed E-state index contributed by atoms with van der Waals surface area (Å²) in [4.78, 5) is 25.5. The Kier molecular flexibility index (Phi) is 4.69. The van der Waals surface area contributed by atoms with Gasteiger partial charge in [-0.25, -0.2) is 4.98 Å². The number of amides is 1. The number of aromatic amines is 1. The molecule has 7 heteroatoms. The van der Waals surface area contributed by atoms with Crippen LogP contribution in [0, 0.1) is 27.7 Å². The van der Waals surface area contributed by atoms with Gasteiger partial charge in [-0.3, -0.25) is 4.79 Å². The SMILES string of the molecule is C=C1CC(c2nc3cc(C)c(C)cc3[nH]2)N(C(=O)c2cc(C)c(C)cc2-n2nccn2)C1. The van der Waals surface area contributed by atoms with Crippen LogP contribution in [0.4, 0.5) is 0 Å². The second kappa shape index (κ2) is 7.44. The third-order valence-electron chi connectivity index (χ3n) is 6.42. The van der Waals surface area contributed by atoms with E-state index in [1.807, 2.05) is 30.9 Å². The molecular formula is C25H26N6O. The first kappa shape index (κ1) is 20.2. The number of nitrogens with one attached hydrogen (secondary N) is 1. The molecule has 0 spiro atoms. The summed E-state index contributed by atoms with van der Waals surface area (Å²) in [5, 5.41) is 8.53. The number of benzene rings is 2. The number of hydrogen-bond acceptors (Lipinski definition) is 4. The van der Waals surface area contributed by atoms with Crippen LogP contribution in [0.3, 0.4) is 0 Å². The lowest BCUT2D eigenvalue weighted by molar-refractivity contribution is 0.0732. The number of likely N-dealkylation sites (tertiary alicyclic amines) is 1. The topological polar surface area (TPSA) is 79.7 Å². The molecule has 1 saturated heterocycles. The van der Waals surface area contributed by atoms with Crippen LogP contribution in [0.1, 0.15) is 50.9 Å². The Bertz CT molecular complexity index is 1330. The van der Waals surface area contributed by atoms with Crippen LogP contribution in [0.25, 0.3) is 16.7 Å². The minimum atomic E-state index is -0.192. The van der Waals surface area contributed by atoms with Gasteiger partial charge in [-0.15, -0.1) is 0 Å². The standard InChI is InChI=1S/C25H26N6O/c1-14-8-23(24-28-20-10-16(3)17(4)11-21(20)29-24)30(13-14)25(32)19-9-15(2)18(5)12-22(19)31-26-6-7-27-31/h6-7,9-12,23H,1,8,13H2,2-5H3,(H,28,29). The van der Waals surface area contributed by atoms with Crippen LogP contribution in [-0.2, 0) is 0 Å². The van der Waals surface area contributed by atoms with E-state index in [9.17, 15) is 4.79 Å². The molecule has 3 heterocycles. The van der Waals surface area contributed by atoms with E-state index in [2.05, 4.69) is 47.7 Å². The second-order valence-corrected chi connectivity index (χ2v) is 8.75. The first-order valence-electron chi connectivity index (χ1n) is 10.7. The molecule has 0 saturated carbocycles. The average molecular weight is 427 g/mol. The monoisotopic (exact) mass is 426 g/mol. The molecule has 5 rings (SSSR count). The van der Waals surface area contributed by atoms with Crippen molar-refractivity contribution in [3.63, 3.8) is 0 Å². The van der Waals surface area contributed by atoms with Crippen molar-refractivity contribution in [2.45, 2.75) is 40.2 Å². The number of aromatic nitrogens is 5. The quantitative estimate of drug-likeness (QED) is 0.489. The van der Waals surface area contributed by atoms with Gasteiger partial charge in [-0.1, -0.05) is 12.2 Å². The number of H-pyrrole nitrogens is 1. The van der Waals surface area contributed by atoms with Gasteiger partial charge in [0.2, 0.25) is 0 Å². The number of aryl methyl sites for hydroxylation is 4. The Hall–Kier alpha value is -3.74. The molecule has 0 aliphatic carbocycles. The van der Waals surface area contributed by atoms with Crippen LogP contribution in [-0.4, -0.2) is 42.3 Å². The van der Waals surface area contributed by atoms with Crippen molar-refractivity contribution >= 4 is 16.9 Å². The predicted octanol–water partition coefficient (Wildman–Crippen LogP) is 4.52. The minimum absolute atomic E-state index is 0.0723. The van der Waals surface area contributed by atoms with Gasteiger partial charge in [0.05, 0.1) is 40.7 Å². The van der Waals surface area contributed by atoms with Crippen molar-refractivity contribution in [3.8, 4) is 5.69 Å². The molecule has 0 radical (unpaired) electrons. The summed E-state index contributed by atoms with van der Waals surface area (Å²) in [6.07, 6.45) is 3.91. The van der Waals surface area contributed by atoms with E-state index in [4.69, 9.17) is 4.98 Å². The fourth-order valence-electron chi connectivity index (χ4n) is 4.34. The molecule has 2 aromatic carbocycles. The van der Waals surface area contributed by atoms with Gasteiger partial charge in [-0.2, -0.15) is 15.0 Å². The van der Waals surface area contributed by atoms with E-state index < -0.39 is 0 Å². The first-order chi connectivity index (χ1) is 15.3. The molecule has 0 bridgehead atoms. The van der Waals surface area contributed by atoms with Crippen LogP contribution in [0.5, 0.6) is 0 Å². The third-order valence-corrected chi connectivity index (χ3v) is 6.42. The summed E-state index contributed by atoms with van der Waals surface area (Å²) in [6, 6.07) is 7.91. The number of fused-ring (bicyclic) bond motifs is 1. The first-order valence-corrected chi connectivity index (χ1v) is 10.7. The lowest BCUT2D eigenvalue weighted by atomic mass is 10.0. The van der Waals surface area contributed by atoms with E-state index in [0.29, 0.717) is 24.2 Å². The lowest BCUT2D eigenvalue weighted by Gasteiger charge is -2.24. The number of imidazole rings is 1. The number of rotatable bonds is 3. The molecule has 1 atom stereocenters. The van der Waals surface area contributed by atoms with E-state index in [1.54, 1.807) is 12.4 Å². The average Bonchev–Trinajstić information content (AvgIpc) is 3.49. The summed E-state index contributed by atoms with van der Waals surface area (Å²) in [5.41, 5.74) is 8.71. The van der Waals surface area contributed by atoms with E-state index in [-0.39, 0.29) is 11.9 Å². The molecule has 1 N–H and O–H groups in total. The van der Waals surface area contributed by atoms with Crippen molar-refractivity contribution in [2.75, 3.05) is 6.54 Å². The van der Waals surface area contributed by atoms with Crippen LogP contribution < -0.4 is 0 Å². The predicted molar refractivity (Wildman–Crippen MR) is 124 cm³/mol. The van der Waals surface area contributed by atoms with Crippen LogP contribution >= 0.6 is 0 Å². The third kappa shape index (κ3) is 3.30. The molecule has 162 valence electrons. The number of hydrogen-bond donors (Lipinski definition) is 1. The maximum Gasteiger partial charge on any atom is 0.257 e. The number of carbonyl (C=O) groups is 1. The largest absolute Gasteiger partial charge is 0.340 e. The highest BCUT2D eigenvalue weighted by Gasteiger charge is 2.36. The summed E-state index contributed by atoms with van der Waals surface area (Å²) < 4.78 is 0. The number of nitrogens with zero attached hydrogens (tertiary/aromatic N) is 5. The van der Waals surface area contributed by atoms with E-state index in [1.165, 1.54) is 15.9 Å². The minimum Gasteiger partial charge on any atom is -0.340 e. The van der Waals surface area contributed by atoms with Gasteiger partial charge in [0.1, 0.15) is 5.82 Å². The summed E-state index contributed by atoms with van der Waals surface area (Å²) >= 11 is 0. The zero-order valence-electron chi connectivity index (χ0n) is 18.8. The van der Waals surface area contributed by atoms with Crippen molar-refractivity contribution in [3.05, 3.63) is 82.5 Å². The second-order valence-electron chi connectivity index (χ2n) is 8.75. The Balaban J connectivity index is 1.58. The zero-order valence-corrected chi connectivity index (χ0v) is 18.8. The highest BCUT2D eigenvalue weighted by atomic mass is 16.2. The normalized spacial score (nSPS) is 16.3. The Morgan fingerprint density at radius 2 is 1.66 bits per heavy atom. The Morgan fingerprint density at radius 3 is 2.41 bits per heavy atom. The van der Waals surface area contributed by atoms with Crippen LogP contribution in [0.15, 0.2) is 48.8 Å². The maximum atomic E-state index is 13.9. The molecule has 4 aromatic rings. The van der Waals surface area contributed by atoms with Crippen LogP contribution in [0.2, 0.25) is 0 Å². The van der Waals surface area contributed by atoms with Crippen molar-refractivity contribution in [1.29, 1.82) is 0 Å².